The Morgan fingerprint density at radius 1 is 1.24 bits per heavy atom. The summed E-state index contributed by atoms with van der Waals surface area (Å²) >= 11 is 0. The maximum absolute atomic E-state index is 12.4. The fourth-order valence-electron chi connectivity index (χ4n) is 1.95. The lowest BCUT2D eigenvalue weighted by Gasteiger charge is -2.17. The van der Waals surface area contributed by atoms with Crippen LogP contribution in [0.1, 0.15) is 30.9 Å². The van der Waals surface area contributed by atoms with Crippen molar-refractivity contribution < 1.29 is 17.2 Å². The van der Waals surface area contributed by atoms with Gasteiger partial charge in [-0.25, -0.2) is 21.5 Å². The summed E-state index contributed by atoms with van der Waals surface area (Å²) in [6.45, 7) is 4.00. The molecule has 1 N–H and O–H groups in total. The SMILES string of the molecule is CCN(CCCNCc1ccc(C(F)F)cc1)S(C)(=O)=O. The van der Waals surface area contributed by atoms with Crippen molar-refractivity contribution >= 4 is 10.0 Å². The van der Waals surface area contributed by atoms with Gasteiger partial charge in [0.1, 0.15) is 0 Å². The first-order chi connectivity index (χ1) is 9.84. The van der Waals surface area contributed by atoms with Gasteiger partial charge in [0.25, 0.3) is 6.43 Å². The maximum Gasteiger partial charge on any atom is 0.263 e. The van der Waals surface area contributed by atoms with Crippen LogP contribution < -0.4 is 5.32 Å². The standard InChI is InChI=1S/C14H22F2N2O2S/c1-3-18(21(2,19)20)10-4-9-17-11-12-5-7-13(8-6-12)14(15)16/h5-8,14,17H,3-4,9-11H2,1-2H3. The zero-order valence-electron chi connectivity index (χ0n) is 12.4. The van der Waals surface area contributed by atoms with Crippen LogP contribution >= 0.6 is 0 Å². The van der Waals surface area contributed by atoms with E-state index in [9.17, 15) is 17.2 Å². The van der Waals surface area contributed by atoms with Crippen molar-refractivity contribution in [2.24, 2.45) is 0 Å². The Morgan fingerprint density at radius 2 is 1.86 bits per heavy atom. The Bertz CT molecular complexity index is 518. The molecule has 0 spiro atoms. The minimum absolute atomic E-state index is 0.0190. The molecule has 0 amide bonds. The molecule has 4 nitrogen and oxygen atoms in total. The van der Waals surface area contributed by atoms with Gasteiger partial charge in [-0.1, -0.05) is 31.2 Å². The lowest BCUT2D eigenvalue weighted by Crippen LogP contribution is -2.32. The molecule has 0 saturated carbocycles. The zero-order valence-corrected chi connectivity index (χ0v) is 13.2. The van der Waals surface area contributed by atoms with E-state index in [0.29, 0.717) is 32.6 Å². The topological polar surface area (TPSA) is 49.4 Å². The summed E-state index contributed by atoms with van der Waals surface area (Å²) in [6.07, 6.45) is -0.534. The van der Waals surface area contributed by atoms with Gasteiger partial charge < -0.3 is 5.32 Å². The van der Waals surface area contributed by atoms with Crippen molar-refractivity contribution in [3.8, 4) is 0 Å². The quantitative estimate of drug-likeness (QED) is 0.711. The maximum atomic E-state index is 12.4. The average Bonchev–Trinajstić information content (AvgIpc) is 2.41. The normalized spacial score (nSPS) is 12.3. The Balaban J connectivity index is 2.28. The third-order valence-electron chi connectivity index (χ3n) is 3.14. The van der Waals surface area contributed by atoms with E-state index in [1.165, 1.54) is 22.7 Å². The van der Waals surface area contributed by atoms with Crippen molar-refractivity contribution in [1.29, 1.82) is 0 Å². The fraction of sp³-hybridized carbons (Fsp3) is 0.571. The average molecular weight is 320 g/mol. The van der Waals surface area contributed by atoms with Crippen molar-refractivity contribution in [3.63, 3.8) is 0 Å². The molecule has 0 aliphatic heterocycles. The summed E-state index contributed by atoms with van der Waals surface area (Å²) in [5, 5.41) is 3.17. The predicted molar refractivity (Wildman–Crippen MR) is 79.8 cm³/mol. The van der Waals surface area contributed by atoms with E-state index in [2.05, 4.69) is 5.32 Å². The summed E-state index contributed by atoms with van der Waals surface area (Å²) in [4.78, 5) is 0. The number of hydrogen-bond donors (Lipinski definition) is 1. The Hall–Kier alpha value is -1.05. The lowest BCUT2D eigenvalue weighted by atomic mass is 10.1. The monoisotopic (exact) mass is 320 g/mol. The zero-order chi connectivity index (χ0) is 15.9. The van der Waals surface area contributed by atoms with E-state index in [1.807, 2.05) is 0 Å². The van der Waals surface area contributed by atoms with Gasteiger partial charge in [-0.15, -0.1) is 0 Å². The van der Waals surface area contributed by atoms with Gasteiger partial charge in [-0.05, 0) is 18.5 Å². The van der Waals surface area contributed by atoms with E-state index < -0.39 is 16.4 Å². The van der Waals surface area contributed by atoms with Gasteiger partial charge in [0, 0.05) is 25.2 Å². The summed E-state index contributed by atoms with van der Waals surface area (Å²) in [7, 11) is -3.13. The molecule has 0 atom stereocenters. The number of hydrogen-bond acceptors (Lipinski definition) is 3. The highest BCUT2D eigenvalue weighted by Crippen LogP contribution is 2.18. The molecule has 0 aliphatic carbocycles. The van der Waals surface area contributed by atoms with Gasteiger partial charge in [0.05, 0.1) is 6.26 Å². The highest BCUT2D eigenvalue weighted by Gasteiger charge is 2.12. The Morgan fingerprint density at radius 3 is 2.33 bits per heavy atom. The summed E-state index contributed by atoms with van der Waals surface area (Å²) in [5.41, 5.74) is 0.945. The third kappa shape index (κ3) is 6.50. The number of nitrogens with one attached hydrogen (secondary N) is 1. The van der Waals surface area contributed by atoms with Crippen LogP contribution in [-0.4, -0.2) is 38.6 Å². The second kappa shape index (κ2) is 8.41. The van der Waals surface area contributed by atoms with Gasteiger partial charge in [-0.3, -0.25) is 0 Å². The molecule has 0 unspecified atom stereocenters. The molecular formula is C14H22F2N2O2S. The smallest absolute Gasteiger partial charge is 0.263 e. The van der Waals surface area contributed by atoms with Crippen LogP contribution in [0.5, 0.6) is 0 Å². The summed E-state index contributed by atoms with van der Waals surface area (Å²) in [6, 6.07) is 6.18. The molecule has 0 saturated heterocycles. The van der Waals surface area contributed by atoms with Gasteiger partial charge >= 0.3 is 0 Å². The molecule has 0 bridgehead atoms. The molecule has 1 aromatic carbocycles. The Kier molecular flexibility index (Phi) is 7.21. The predicted octanol–water partition coefficient (Wildman–Crippen LogP) is 2.39. The fourth-order valence-corrected chi connectivity index (χ4v) is 2.88. The largest absolute Gasteiger partial charge is 0.313 e. The van der Waals surface area contributed by atoms with Gasteiger partial charge in [0.15, 0.2) is 0 Å². The molecule has 1 rings (SSSR count). The van der Waals surface area contributed by atoms with E-state index in [0.717, 1.165) is 5.56 Å². The highest BCUT2D eigenvalue weighted by atomic mass is 32.2. The van der Waals surface area contributed by atoms with E-state index in [-0.39, 0.29) is 5.56 Å². The molecule has 0 radical (unpaired) electrons. The van der Waals surface area contributed by atoms with Crippen molar-refractivity contribution in [3.05, 3.63) is 35.4 Å². The van der Waals surface area contributed by atoms with E-state index in [4.69, 9.17) is 0 Å². The highest BCUT2D eigenvalue weighted by molar-refractivity contribution is 7.88. The molecule has 120 valence electrons. The number of rotatable bonds is 9. The van der Waals surface area contributed by atoms with Gasteiger partial charge in [-0.2, -0.15) is 0 Å². The summed E-state index contributed by atoms with van der Waals surface area (Å²) < 4.78 is 49.0. The van der Waals surface area contributed by atoms with E-state index >= 15 is 0 Å². The van der Waals surface area contributed by atoms with Gasteiger partial charge in [0.2, 0.25) is 10.0 Å². The first-order valence-electron chi connectivity index (χ1n) is 6.87. The van der Waals surface area contributed by atoms with Crippen molar-refractivity contribution in [2.75, 3.05) is 25.9 Å². The van der Waals surface area contributed by atoms with Crippen molar-refractivity contribution in [1.82, 2.24) is 9.62 Å². The second-order valence-electron chi connectivity index (χ2n) is 4.83. The minimum Gasteiger partial charge on any atom is -0.313 e. The first kappa shape index (κ1) is 18.0. The lowest BCUT2D eigenvalue weighted by molar-refractivity contribution is 0.151. The van der Waals surface area contributed by atoms with Crippen LogP contribution in [0.2, 0.25) is 0 Å². The molecule has 1 aromatic rings. The van der Waals surface area contributed by atoms with Crippen LogP contribution in [-0.2, 0) is 16.6 Å². The molecule has 0 fully saturated rings. The molecule has 0 aliphatic rings. The molecule has 0 heterocycles. The number of halogens is 2. The number of sulfonamides is 1. The molecular weight excluding hydrogens is 298 g/mol. The number of benzene rings is 1. The van der Waals surface area contributed by atoms with Crippen LogP contribution in [0, 0.1) is 0 Å². The first-order valence-corrected chi connectivity index (χ1v) is 8.72. The van der Waals surface area contributed by atoms with Crippen LogP contribution in [0.25, 0.3) is 0 Å². The molecule has 21 heavy (non-hydrogen) atoms. The second-order valence-corrected chi connectivity index (χ2v) is 6.81. The molecule has 0 aromatic heterocycles. The van der Waals surface area contributed by atoms with Crippen molar-refractivity contribution in [2.45, 2.75) is 26.3 Å². The van der Waals surface area contributed by atoms with Crippen LogP contribution in [0.3, 0.4) is 0 Å². The Labute approximate surface area is 125 Å². The van der Waals surface area contributed by atoms with Crippen LogP contribution in [0.15, 0.2) is 24.3 Å². The summed E-state index contributed by atoms with van der Waals surface area (Å²) in [5.74, 6) is 0. The number of alkyl halides is 2. The number of nitrogens with zero attached hydrogens (tertiary/aromatic N) is 1. The minimum atomic E-state index is -3.13. The van der Waals surface area contributed by atoms with Crippen LogP contribution in [0.4, 0.5) is 8.78 Å². The molecule has 7 heteroatoms. The third-order valence-corrected chi connectivity index (χ3v) is 4.52. The van der Waals surface area contributed by atoms with E-state index in [1.54, 1.807) is 19.1 Å².